The molecule has 114 valence electrons. The van der Waals surface area contributed by atoms with Gasteiger partial charge >= 0.3 is 0 Å². The van der Waals surface area contributed by atoms with Crippen LogP contribution in [0.4, 0.5) is 0 Å². The Bertz CT molecular complexity index is 360. The van der Waals surface area contributed by atoms with Gasteiger partial charge in [-0.1, -0.05) is 19.8 Å². The van der Waals surface area contributed by atoms with Crippen LogP contribution in [0.5, 0.6) is 0 Å². The van der Waals surface area contributed by atoms with Crippen molar-refractivity contribution in [2.24, 2.45) is 0 Å². The molecule has 1 rings (SSSR count). The number of nitrogens with zero attached hydrogens (tertiary/aromatic N) is 1. The van der Waals surface area contributed by atoms with Gasteiger partial charge in [-0.3, -0.25) is 0 Å². The highest BCUT2D eigenvalue weighted by atomic mass is 32.2. The molecule has 4 nitrogen and oxygen atoms in total. The molecule has 1 atom stereocenters. The van der Waals surface area contributed by atoms with Crippen molar-refractivity contribution in [1.29, 1.82) is 0 Å². The molecule has 0 aromatic rings. The average molecular weight is 290 g/mol. The van der Waals surface area contributed by atoms with Gasteiger partial charge in [0, 0.05) is 24.7 Å². The number of hydrogen-bond acceptors (Lipinski definition) is 3. The molecule has 1 fully saturated rings. The molecule has 1 saturated heterocycles. The van der Waals surface area contributed by atoms with Gasteiger partial charge in [0.1, 0.15) is 0 Å². The zero-order valence-electron chi connectivity index (χ0n) is 12.9. The molecule has 1 aliphatic heterocycles. The first-order chi connectivity index (χ1) is 8.76. The normalized spacial score (nSPS) is 22.6. The smallest absolute Gasteiger partial charge is 0.214 e. The van der Waals surface area contributed by atoms with Crippen LogP contribution in [0.15, 0.2) is 0 Å². The summed E-state index contributed by atoms with van der Waals surface area (Å²) in [5.41, 5.74) is 0.0380. The van der Waals surface area contributed by atoms with E-state index in [9.17, 15) is 8.42 Å². The van der Waals surface area contributed by atoms with Crippen LogP contribution in [0.3, 0.4) is 0 Å². The van der Waals surface area contributed by atoms with Gasteiger partial charge in [0.15, 0.2) is 0 Å². The Morgan fingerprint density at radius 1 is 1.26 bits per heavy atom. The van der Waals surface area contributed by atoms with Crippen LogP contribution in [0.1, 0.15) is 59.8 Å². The Morgan fingerprint density at radius 3 is 2.53 bits per heavy atom. The van der Waals surface area contributed by atoms with Gasteiger partial charge in [-0.2, -0.15) is 4.31 Å². The predicted octanol–water partition coefficient (Wildman–Crippen LogP) is 2.36. The lowest BCUT2D eigenvalue weighted by atomic mass is 10.0. The molecule has 0 amide bonds. The number of sulfonamides is 1. The van der Waals surface area contributed by atoms with Gasteiger partial charge in [0.2, 0.25) is 10.0 Å². The zero-order chi connectivity index (χ0) is 14.5. The second-order valence-corrected chi connectivity index (χ2v) is 8.60. The van der Waals surface area contributed by atoms with Gasteiger partial charge in [0.25, 0.3) is 0 Å². The fourth-order valence-corrected chi connectivity index (χ4v) is 4.34. The zero-order valence-corrected chi connectivity index (χ0v) is 13.7. The van der Waals surface area contributed by atoms with Crippen LogP contribution < -0.4 is 5.32 Å². The number of piperidine rings is 1. The van der Waals surface area contributed by atoms with Crippen molar-refractivity contribution in [3.05, 3.63) is 0 Å². The predicted molar refractivity (Wildman–Crippen MR) is 80.8 cm³/mol. The van der Waals surface area contributed by atoms with Crippen LogP contribution in [-0.2, 0) is 10.0 Å². The maximum absolute atomic E-state index is 12.4. The van der Waals surface area contributed by atoms with Gasteiger partial charge < -0.3 is 5.32 Å². The lowest BCUT2D eigenvalue weighted by Gasteiger charge is -2.36. The summed E-state index contributed by atoms with van der Waals surface area (Å²) >= 11 is 0. The van der Waals surface area contributed by atoms with Crippen molar-refractivity contribution >= 4 is 10.0 Å². The standard InChI is InChI=1S/C14H30N2O2S/c1-5-6-11-19(17,18)16-10-8-7-9-13(16)12-15-14(2,3)4/h13,15H,5-12H2,1-4H3. The largest absolute Gasteiger partial charge is 0.310 e. The summed E-state index contributed by atoms with van der Waals surface area (Å²) in [5, 5.41) is 3.44. The highest BCUT2D eigenvalue weighted by molar-refractivity contribution is 7.89. The molecule has 0 bridgehead atoms. The van der Waals surface area contributed by atoms with Crippen LogP contribution in [-0.4, -0.2) is 43.1 Å². The molecule has 0 saturated carbocycles. The topological polar surface area (TPSA) is 49.4 Å². The lowest BCUT2D eigenvalue weighted by Crippen LogP contribution is -2.52. The van der Waals surface area contributed by atoms with E-state index in [-0.39, 0.29) is 11.6 Å². The quantitative estimate of drug-likeness (QED) is 0.817. The Kier molecular flexibility index (Phi) is 6.27. The number of rotatable bonds is 6. The molecule has 0 aliphatic carbocycles. The summed E-state index contributed by atoms with van der Waals surface area (Å²) in [4.78, 5) is 0. The molecule has 0 radical (unpaired) electrons. The van der Waals surface area contributed by atoms with E-state index < -0.39 is 10.0 Å². The monoisotopic (exact) mass is 290 g/mol. The summed E-state index contributed by atoms with van der Waals surface area (Å²) < 4.78 is 26.5. The van der Waals surface area contributed by atoms with E-state index in [0.717, 1.165) is 38.6 Å². The maximum atomic E-state index is 12.4. The van der Waals surface area contributed by atoms with E-state index in [1.807, 2.05) is 6.92 Å². The Balaban J connectivity index is 2.66. The third kappa shape index (κ3) is 5.79. The summed E-state index contributed by atoms with van der Waals surface area (Å²) in [5.74, 6) is 0.301. The molecule has 1 heterocycles. The van der Waals surface area contributed by atoms with Crippen molar-refractivity contribution in [2.45, 2.75) is 71.4 Å². The van der Waals surface area contributed by atoms with Crippen LogP contribution >= 0.6 is 0 Å². The highest BCUT2D eigenvalue weighted by Crippen LogP contribution is 2.21. The maximum Gasteiger partial charge on any atom is 0.214 e. The minimum Gasteiger partial charge on any atom is -0.310 e. The fourth-order valence-electron chi connectivity index (χ4n) is 2.41. The van der Waals surface area contributed by atoms with Crippen molar-refractivity contribution in [1.82, 2.24) is 9.62 Å². The minimum atomic E-state index is -3.07. The first kappa shape index (κ1) is 16.9. The first-order valence-corrected chi connectivity index (χ1v) is 9.12. The van der Waals surface area contributed by atoms with Crippen molar-refractivity contribution in [3.8, 4) is 0 Å². The molecule has 1 unspecified atom stereocenters. The molecular formula is C14H30N2O2S. The van der Waals surface area contributed by atoms with Gasteiger partial charge in [-0.15, -0.1) is 0 Å². The molecule has 5 heteroatoms. The third-order valence-electron chi connectivity index (χ3n) is 3.55. The van der Waals surface area contributed by atoms with E-state index in [1.54, 1.807) is 4.31 Å². The van der Waals surface area contributed by atoms with E-state index in [2.05, 4.69) is 26.1 Å². The summed E-state index contributed by atoms with van der Waals surface area (Å²) in [6, 6.07) is 0.134. The number of nitrogens with one attached hydrogen (secondary N) is 1. The summed E-state index contributed by atoms with van der Waals surface area (Å²) in [6.07, 6.45) is 4.80. The van der Waals surface area contributed by atoms with Crippen LogP contribution in [0.2, 0.25) is 0 Å². The van der Waals surface area contributed by atoms with Crippen LogP contribution in [0, 0.1) is 0 Å². The second-order valence-electron chi connectivity index (χ2n) is 6.56. The number of hydrogen-bond donors (Lipinski definition) is 1. The summed E-state index contributed by atoms with van der Waals surface area (Å²) in [6.45, 7) is 9.84. The van der Waals surface area contributed by atoms with E-state index in [0.29, 0.717) is 12.3 Å². The molecule has 1 aliphatic rings. The highest BCUT2D eigenvalue weighted by Gasteiger charge is 2.32. The van der Waals surface area contributed by atoms with Crippen molar-refractivity contribution < 1.29 is 8.42 Å². The van der Waals surface area contributed by atoms with E-state index in [1.165, 1.54) is 0 Å². The lowest BCUT2D eigenvalue weighted by molar-refractivity contribution is 0.230. The summed E-state index contributed by atoms with van der Waals surface area (Å²) in [7, 11) is -3.07. The van der Waals surface area contributed by atoms with Gasteiger partial charge in [0.05, 0.1) is 5.75 Å². The third-order valence-corrected chi connectivity index (χ3v) is 5.55. The SMILES string of the molecule is CCCCS(=O)(=O)N1CCCCC1CNC(C)(C)C. The molecule has 0 aromatic carbocycles. The number of unbranched alkanes of at least 4 members (excludes halogenated alkanes) is 1. The fraction of sp³-hybridized carbons (Fsp3) is 1.00. The Hall–Kier alpha value is -0.130. The Labute approximate surface area is 119 Å². The second kappa shape index (κ2) is 7.04. The van der Waals surface area contributed by atoms with Gasteiger partial charge in [-0.05, 0) is 40.0 Å². The molecular weight excluding hydrogens is 260 g/mol. The molecule has 1 N–H and O–H groups in total. The van der Waals surface area contributed by atoms with Crippen LogP contribution in [0.25, 0.3) is 0 Å². The van der Waals surface area contributed by atoms with Crippen molar-refractivity contribution in [2.75, 3.05) is 18.8 Å². The molecule has 0 aromatic heterocycles. The molecule has 0 spiro atoms. The van der Waals surface area contributed by atoms with E-state index in [4.69, 9.17) is 0 Å². The van der Waals surface area contributed by atoms with Gasteiger partial charge in [-0.25, -0.2) is 8.42 Å². The first-order valence-electron chi connectivity index (χ1n) is 7.51. The van der Waals surface area contributed by atoms with Crippen molar-refractivity contribution in [3.63, 3.8) is 0 Å². The minimum absolute atomic E-state index is 0.0380. The Morgan fingerprint density at radius 2 is 1.95 bits per heavy atom. The average Bonchev–Trinajstić information content (AvgIpc) is 2.33. The van der Waals surface area contributed by atoms with E-state index >= 15 is 0 Å². The molecule has 19 heavy (non-hydrogen) atoms.